The Morgan fingerprint density at radius 1 is 1.00 bits per heavy atom. The predicted molar refractivity (Wildman–Crippen MR) is 121 cm³/mol. The van der Waals surface area contributed by atoms with Gasteiger partial charge in [-0.2, -0.15) is 0 Å². The van der Waals surface area contributed by atoms with Gasteiger partial charge in [0, 0.05) is 18.5 Å². The third-order valence-electron chi connectivity index (χ3n) is 5.44. The van der Waals surface area contributed by atoms with Crippen molar-refractivity contribution in [1.82, 2.24) is 4.90 Å². The number of carbonyl (C=O) groups is 2. The van der Waals surface area contributed by atoms with E-state index in [1.165, 1.54) is 21.3 Å². The molecular weight excluding hydrogens is 428 g/mol. The number of hydrogen-bond donors (Lipinski definition) is 1. The number of amides is 2. The molecule has 4 rings (SSSR count). The summed E-state index contributed by atoms with van der Waals surface area (Å²) in [5.74, 6) is 0.873. The van der Waals surface area contributed by atoms with Crippen LogP contribution in [0.4, 0.5) is 5.69 Å². The molecule has 1 saturated heterocycles. The fourth-order valence-electron chi connectivity index (χ4n) is 3.84. The second-order valence-corrected chi connectivity index (χ2v) is 7.47. The van der Waals surface area contributed by atoms with Gasteiger partial charge in [-0.3, -0.25) is 9.59 Å². The van der Waals surface area contributed by atoms with E-state index in [9.17, 15) is 9.59 Å². The molecule has 9 nitrogen and oxygen atoms in total. The molecule has 2 aromatic carbocycles. The second kappa shape index (κ2) is 9.83. The highest BCUT2D eigenvalue weighted by Crippen LogP contribution is 2.38. The molecule has 1 N–H and O–H groups in total. The van der Waals surface area contributed by atoms with Gasteiger partial charge >= 0.3 is 0 Å². The molecule has 174 valence electrons. The van der Waals surface area contributed by atoms with Crippen molar-refractivity contribution in [2.45, 2.75) is 6.42 Å². The molecule has 0 aliphatic carbocycles. The molecular formula is C24H26N2O7. The average molecular weight is 454 g/mol. The number of hydrogen-bond acceptors (Lipinski definition) is 7. The highest BCUT2D eigenvalue weighted by atomic mass is 16.5. The van der Waals surface area contributed by atoms with E-state index in [2.05, 4.69) is 5.32 Å². The number of methoxy groups -OCH3 is 3. The van der Waals surface area contributed by atoms with E-state index in [4.69, 9.17) is 23.4 Å². The van der Waals surface area contributed by atoms with Crippen molar-refractivity contribution >= 4 is 28.5 Å². The quantitative estimate of drug-likeness (QED) is 0.586. The van der Waals surface area contributed by atoms with Crippen molar-refractivity contribution in [1.29, 1.82) is 0 Å². The molecule has 1 fully saturated rings. The zero-order chi connectivity index (χ0) is 23.4. The molecule has 9 heteroatoms. The number of benzene rings is 2. The van der Waals surface area contributed by atoms with Crippen LogP contribution in [0.2, 0.25) is 0 Å². The lowest BCUT2D eigenvalue weighted by atomic mass is 10.1. The summed E-state index contributed by atoms with van der Waals surface area (Å²) in [5.41, 5.74) is 1.55. The summed E-state index contributed by atoms with van der Waals surface area (Å²) in [5, 5.41) is 3.54. The molecule has 0 bridgehead atoms. The molecule has 33 heavy (non-hydrogen) atoms. The van der Waals surface area contributed by atoms with Crippen molar-refractivity contribution in [3.8, 4) is 17.2 Å². The average Bonchev–Trinajstić information content (AvgIpc) is 3.21. The summed E-state index contributed by atoms with van der Waals surface area (Å²) in [6.45, 7) is 1.87. The first kappa shape index (κ1) is 22.5. The van der Waals surface area contributed by atoms with Gasteiger partial charge in [0.15, 0.2) is 11.5 Å². The second-order valence-electron chi connectivity index (χ2n) is 7.47. The normalized spacial score (nSPS) is 13.6. The summed E-state index contributed by atoms with van der Waals surface area (Å²) in [6, 6.07) is 10.7. The standard InChI is InChI=1S/C24H26N2O7/c1-29-18-12-15(13-19(30-2)22(18)31-3)14-20(27)25-21-16-6-4-5-7-17(16)33-23(21)24(28)26-8-10-32-11-9-26/h4-7,12-13H,8-11,14H2,1-3H3,(H,25,27). The lowest BCUT2D eigenvalue weighted by molar-refractivity contribution is -0.115. The van der Waals surface area contributed by atoms with Gasteiger partial charge in [-0.1, -0.05) is 12.1 Å². The van der Waals surface area contributed by atoms with Crippen LogP contribution in [0.5, 0.6) is 17.2 Å². The summed E-state index contributed by atoms with van der Waals surface area (Å²) < 4.78 is 27.3. The fourth-order valence-corrected chi connectivity index (χ4v) is 3.84. The van der Waals surface area contributed by atoms with Crippen molar-refractivity contribution in [3.63, 3.8) is 0 Å². The van der Waals surface area contributed by atoms with Crippen LogP contribution in [0, 0.1) is 0 Å². The maximum atomic E-state index is 13.1. The predicted octanol–water partition coefficient (Wildman–Crippen LogP) is 3.11. The van der Waals surface area contributed by atoms with E-state index >= 15 is 0 Å². The zero-order valence-electron chi connectivity index (χ0n) is 18.8. The maximum Gasteiger partial charge on any atom is 0.291 e. The van der Waals surface area contributed by atoms with Crippen LogP contribution in [-0.2, 0) is 16.0 Å². The Labute approximate surface area is 191 Å². The number of rotatable bonds is 7. The SMILES string of the molecule is COc1cc(CC(=O)Nc2c(C(=O)N3CCOCC3)oc3ccccc23)cc(OC)c1OC. The largest absolute Gasteiger partial charge is 0.493 e. The van der Waals surface area contributed by atoms with Crippen LogP contribution in [-0.4, -0.2) is 64.3 Å². The Balaban J connectivity index is 1.62. The van der Waals surface area contributed by atoms with Crippen LogP contribution in [0.25, 0.3) is 11.0 Å². The van der Waals surface area contributed by atoms with Crippen LogP contribution < -0.4 is 19.5 Å². The topological polar surface area (TPSA) is 99.5 Å². The minimum atomic E-state index is -0.313. The zero-order valence-corrected chi connectivity index (χ0v) is 18.8. The minimum absolute atomic E-state index is 0.0292. The summed E-state index contributed by atoms with van der Waals surface area (Å²) in [6.07, 6.45) is 0.0292. The van der Waals surface area contributed by atoms with Gasteiger partial charge in [-0.15, -0.1) is 0 Å². The summed E-state index contributed by atoms with van der Waals surface area (Å²) in [7, 11) is 4.55. The highest BCUT2D eigenvalue weighted by Gasteiger charge is 2.27. The first-order valence-electron chi connectivity index (χ1n) is 10.5. The number of nitrogens with one attached hydrogen (secondary N) is 1. The molecule has 0 atom stereocenters. The molecule has 1 aliphatic heterocycles. The number of furan rings is 1. The first-order valence-corrected chi connectivity index (χ1v) is 10.5. The summed E-state index contributed by atoms with van der Waals surface area (Å²) >= 11 is 0. The Hall–Kier alpha value is -3.72. The van der Waals surface area contributed by atoms with Crippen LogP contribution in [0.1, 0.15) is 16.1 Å². The Morgan fingerprint density at radius 3 is 2.30 bits per heavy atom. The van der Waals surface area contributed by atoms with E-state index in [-0.39, 0.29) is 24.0 Å². The number of nitrogens with zero attached hydrogens (tertiary/aromatic N) is 1. The number of para-hydroxylation sites is 1. The van der Waals surface area contributed by atoms with Gasteiger partial charge in [-0.05, 0) is 29.8 Å². The van der Waals surface area contributed by atoms with E-state index in [1.54, 1.807) is 23.1 Å². The maximum absolute atomic E-state index is 13.1. The van der Waals surface area contributed by atoms with Crippen molar-refractivity contribution < 1.29 is 33.0 Å². The Bertz CT molecular complexity index is 1140. The van der Waals surface area contributed by atoms with E-state index < -0.39 is 0 Å². The van der Waals surface area contributed by atoms with E-state index in [0.717, 1.165) is 0 Å². The van der Waals surface area contributed by atoms with Crippen molar-refractivity contribution in [3.05, 3.63) is 47.7 Å². The molecule has 0 unspecified atom stereocenters. The van der Waals surface area contributed by atoms with Crippen molar-refractivity contribution in [2.75, 3.05) is 52.9 Å². The van der Waals surface area contributed by atoms with Gasteiger partial charge in [-0.25, -0.2) is 0 Å². The van der Waals surface area contributed by atoms with Crippen LogP contribution in [0.15, 0.2) is 40.8 Å². The summed E-state index contributed by atoms with van der Waals surface area (Å²) in [4.78, 5) is 27.8. The van der Waals surface area contributed by atoms with Gasteiger partial charge in [0.2, 0.25) is 17.4 Å². The third kappa shape index (κ3) is 4.58. The highest BCUT2D eigenvalue weighted by molar-refractivity contribution is 6.11. The molecule has 2 heterocycles. The Morgan fingerprint density at radius 2 is 1.67 bits per heavy atom. The third-order valence-corrected chi connectivity index (χ3v) is 5.44. The van der Waals surface area contributed by atoms with Gasteiger partial charge in [0.05, 0.1) is 41.0 Å². The number of fused-ring (bicyclic) bond motifs is 1. The molecule has 3 aromatic rings. The van der Waals surface area contributed by atoms with Gasteiger partial charge in [0.1, 0.15) is 11.3 Å². The lowest BCUT2D eigenvalue weighted by Gasteiger charge is -2.26. The molecule has 2 amide bonds. The molecule has 1 aliphatic rings. The lowest BCUT2D eigenvalue weighted by Crippen LogP contribution is -2.40. The molecule has 1 aromatic heterocycles. The molecule has 0 radical (unpaired) electrons. The number of anilines is 1. The monoisotopic (exact) mass is 454 g/mol. The van der Waals surface area contributed by atoms with Crippen LogP contribution in [0.3, 0.4) is 0 Å². The Kier molecular flexibility index (Phi) is 6.69. The molecule has 0 saturated carbocycles. The van der Waals surface area contributed by atoms with Gasteiger partial charge < -0.3 is 33.6 Å². The van der Waals surface area contributed by atoms with Gasteiger partial charge in [0.25, 0.3) is 5.91 Å². The first-order chi connectivity index (χ1) is 16.0. The van der Waals surface area contributed by atoms with Crippen molar-refractivity contribution in [2.24, 2.45) is 0 Å². The molecule has 0 spiro atoms. The van der Waals surface area contributed by atoms with E-state index in [0.29, 0.717) is 65.8 Å². The smallest absolute Gasteiger partial charge is 0.291 e. The fraction of sp³-hybridized carbons (Fsp3) is 0.333. The number of ether oxygens (including phenoxy) is 4. The number of carbonyl (C=O) groups excluding carboxylic acids is 2. The van der Waals surface area contributed by atoms with Crippen LogP contribution >= 0.6 is 0 Å². The van der Waals surface area contributed by atoms with E-state index in [1.807, 2.05) is 18.2 Å². The number of morpholine rings is 1. The minimum Gasteiger partial charge on any atom is -0.493 e.